The zero-order valence-corrected chi connectivity index (χ0v) is 14.0. The lowest BCUT2D eigenvalue weighted by Gasteiger charge is -2.06. The molecule has 0 atom stereocenters. The van der Waals surface area contributed by atoms with Crippen molar-refractivity contribution in [1.82, 2.24) is 24.5 Å². The Bertz CT molecular complexity index is 1050. The van der Waals surface area contributed by atoms with Crippen LogP contribution in [0.2, 0.25) is 0 Å². The van der Waals surface area contributed by atoms with Crippen molar-refractivity contribution in [2.45, 2.75) is 12.8 Å². The largest absolute Gasteiger partial charge is 0.352 e. The van der Waals surface area contributed by atoms with Gasteiger partial charge in [-0.2, -0.15) is 0 Å². The Labute approximate surface area is 145 Å². The van der Waals surface area contributed by atoms with E-state index in [0.717, 1.165) is 35.2 Å². The highest BCUT2D eigenvalue weighted by Gasteiger charge is 2.08. The molecule has 1 amide bonds. The predicted octanol–water partition coefficient (Wildman–Crippen LogP) is 2.58. The summed E-state index contributed by atoms with van der Waals surface area (Å²) >= 11 is 0. The minimum atomic E-state index is -0.0470. The summed E-state index contributed by atoms with van der Waals surface area (Å²) in [5.41, 5.74) is 2.59. The summed E-state index contributed by atoms with van der Waals surface area (Å²) in [4.78, 5) is 12.3. The van der Waals surface area contributed by atoms with Gasteiger partial charge in [-0.05, 0) is 42.1 Å². The van der Waals surface area contributed by atoms with E-state index < -0.39 is 0 Å². The first-order valence-electron chi connectivity index (χ1n) is 8.34. The maximum absolute atomic E-state index is 12.3. The molecule has 3 heterocycles. The molecule has 0 unspecified atom stereocenters. The van der Waals surface area contributed by atoms with E-state index in [4.69, 9.17) is 0 Å². The first-order chi connectivity index (χ1) is 12.2. The van der Waals surface area contributed by atoms with Gasteiger partial charge in [-0.3, -0.25) is 9.20 Å². The van der Waals surface area contributed by atoms with E-state index in [1.807, 2.05) is 70.9 Å². The van der Waals surface area contributed by atoms with Crippen LogP contribution in [0.4, 0.5) is 0 Å². The highest BCUT2D eigenvalue weighted by molar-refractivity contribution is 5.98. The van der Waals surface area contributed by atoms with Crippen molar-refractivity contribution >= 4 is 22.5 Å². The second-order valence-electron chi connectivity index (χ2n) is 6.10. The minimum absolute atomic E-state index is 0.0470. The first-order valence-corrected chi connectivity index (χ1v) is 8.34. The molecule has 126 valence electrons. The van der Waals surface area contributed by atoms with Crippen molar-refractivity contribution in [3.8, 4) is 0 Å². The van der Waals surface area contributed by atoms with Gasteiger partial charge in [0.2, 0.25) is 0 Å². The lowest BCUT2D eigenvalue weighted by Crippen LogP contribution is -2.24. The molecule has 0 bridgehead atoms. The Morgan fingerprint density at radius 3 is 2.96 bits per heavy atom. The van der Waals surface area contributed by atoms with E-state index in [-0.39, 0.29) is 5.91 Å². The van der Waals surface area contributed by atoms with Gasteiger partial charge >= 0.3 is 0 Å². The van der Waals surface area contributed by atoms with E-state index in [1.165, 1.54) is 0 Å². The van der Waals surface area contributed by atoms with Crippen molar-refractivity contribution < 1.29 is 4.79 Å². The maximum atomic E-state index is 12.3. The van der Waals surface area contributed by atoms with Crippen LogP contribution in [-0.4, -0.2) is 31.6 Å². The molecule has 0 aliphatic heterocycles. The first kappa shape index (κ1) is 15.4. The van der Waals surface area contributed by atoms with Crippen LogP contribution in [-0.2, 0) is 13.5 Å². The number of hydrogen-bond donors (Lipinski definition) is 1. The lowest BCUT2D eigenvalue weighted by molar-refractivity contribution is 0.0953. The fourth-order valence-electron chi connectivity index (χ4n) is 3.02. The summed E-state index contributed by atoms with van der Waals surface area (Å²) in [5, 5.41) is 12.5. The number of nitrogens with one attached hydrogen (secondary N) is 1. The zero-order valence-electron chi connectivity index (χ0n) is 14.0. The summed E-state index contributed by atoms with van der Waals surface area (Å²) in [6.07, 6.45) is 5.53. The minimum Gasteiger partial charge on any atom is -0.352 e. The van der Waals surface area contributed by atoms with Crippen LogP contribution < -0.4 is 5.32 Å². The SMILES string of the molecule is Cn1ccc2ccc(C(=O)NCCCc3nnc4ccccn34)cc21. The number of benzene rings is 1. The molecular weight excluding hydrogens is 314 g/mol. The number of aryl methyl sites for hydroxylation is 2. The van der Waals surface area contributed by atoms with Gasteiger partial charge in [0.1, 0.15) is 5.82 Å². The molecule has 0 radical (unpaired) electrons. The second-order valence-corrected chi connectivity index (χ2v) is 6.10. The van der Waals surface area contributed by atoms with E-state index in [9.17, 15) is 4.79 Å². The molecule has 0 aliphatic carbocycles. The molecule has 6 heteroatoms. The Kier molecular flexibility index (Phi) is 3.93. The topological polar surface area (TPSA) is 64.2 Å². The number of nitrogens with zero attached hydrogens (tertiary/aromatic N) is 4. The predicted molar refractivity (Wildman–Crippen MR) is 96.6 cm³/mol. The van der Waals surface area contributed by atoms with Crippen molar-refractivity contribution in [1.29, 1.82) is 0 Å². The number of aromatic nitrogens is 4. The summed E-state index contributed by atoms with van der Waals surface area (Å²) in [6.45, 7) is 0.603. The number of rotatable bonds is 5. The summed E-state index contributed by atoms with van der Waals surface area (Å²) in [7, 11) is 1.98. The fraction of sp³-hybridized carbons (Fsp3) is 0.211. The highest BCUT2D eigenvalue weighted by atomic mass is 16.1. The number of hydrogen-bond acceptors (Lipinski definition) is 3. The second kappa shape index (κ2) is 6.39. The molecule has 3 aromatic heterocycles. The van der Waals surface area contributed by atoms with Gasteiger partial charge in [0, 0.05) is 43.5 Å². The third kappa shape index (κ3) is 2.98. The van der Waals surface area contributed by atoms with Crippen molar-refractivity contribution in [2.24, 2.45) is 7.05 Å². The van der Waals surface area contributed by atoms with Crippen LogP contribution in [0.15, 0.2) is 54.9 Å². The Morgan fingerprint density at radius 2 is 2.04 bits per heavy atom. The van der Waals surface area contributed by atoms with Crippen LogP contribution in [0.25, 0.3) is 16.6 Å². The Morgan fingerprint density at radius 1 is 1.12 bits per heavy atom. The number of fused-ring (bicyclic) bond motifs is 2. The van der Waals surface area contributed by atoms with Gasteiger partial charge in [0.05, 0.1) is 0 Å². The number of amides is 1. The average molecular weight is 333 g/mol. The summed E-state index contributed by atoms with van der Waals surface area (Å²) < 4.78 is 3.99. The van der Waals surface area contributed by atoms with Crippen LogP contribution in [0.3, 0.4) is 0 Å². The van der Waals surface area contributed by atoms with Crippen molar-refractivity contribution in [3.63, 3.8) is 0 Å². The molecular formula is C19H19N5O. The molecule has 4 rings (SSSR count). The third-order valence-corrected chi connectivity index (χ3v) is 4.40. The van der Waals surface area contributed by atoms with Crippen LogP contribution in [0.1, 0.15) is 22.6 Å². The third-order valence-electron chi connectivity index (χ3n) is 4.40. The van der Waals surface area contributed by atoms with E-state index in [2.05, 4.69) is 15.5 Å². The molecule has 0 aliphatic rings. The van der Waals surface area contributed by atoms with Gasteiger partial charge in [-0.15, -0.1) is 10.2 Å². The van der Waals surface area contributed by atoms with Gasteiger partial charge in [0.25, 0.3) is 5.91 Å². The molecule has 4 aromatic rings. The van der Waals surface area contributed by atoms with Gasteiger partial charge < -0.3 is 9.88 Å². The highest BCUT2D eigenvalue weighted by Crippen LogP contribution is 2.16. The Hall–Kier alpha value is -3.15. The van der Waals surface area contributed by atoms with E-state index in [1.54, 1.807) is 0 Å². The molecule has 0 saturated carbocycles. The van der Waals surface area contributed by atoms with Crippen LogP contribution in [0.5, 0.6) is 0 Å². The smallest absolute Gasteiger partial charge is 0.251 e. The van der Waals surface area contributed by atoms with Gasteiger partial charge in [0.15, 0.2) is 5.65 Å². The zero-order chi connectivity index (χ0) is 17.2. The molecule has 1 N–H and O–H groups in total. The normalized spacial score (nSPS) is 11.2. The number of pyridine rings is 1. The van der Waals surface area contributed by atoms with Gasteiger partial charge in [-0.1, -0.05) is 12.1 Å². The van der Waals surface area contributed by atoms with Gasteiger partial charge in [-0.25, -0.2) is 0 Å². The summed E-state index contributed by atoms with van der Waals surface area (Å²) in [5.74, 6) is 0.865. The maximum Gasteiger partial charge on any atom is 0.251 e. The summed E-state index contributed by atoms with van der Waals surface area (Å²) in [6, 6.07) is 13.6. The number of carbonyl (C=O) groups is 1. The van der Waals surface area contributed by atoms with Crippen molar-refractivity contribution in [2.75, 3.05) is 6.54 Å². The monoisotopic (exact) mass is 333 g/mol. The molecule has 0 fully saturated rings. The Balaban J connectivity index is 1.36. The molecule has 0 spiro atoms. The quantitative estimate of drug-likeness (QED) is 0.571. The molecule has 1 aromatic carbocycles. The average Bonchev–Trinajstić information content (AvgIpc) is 3.22. The van der Waals surface area contributed by atoms with Crippen LogP contribution in [0, 0.1) is 0 Å². The van der Waals surface area contributed by atoms with Crippen molar-refractivity contribution in [3.05, 3.63) is 66.2 Å². The van der Waals surface area contributed by atoms with E-state index in [0.29, 0.717) is 12.1 Å². The van der Waals surface area contributed by atoms with E-state index >= 15 is 0 Å². The fourth-order valence-corrected chi connectivity index (χ4v) is 3.02. The standard InChI is InChI=1S/C19H19N5O/c1-23-12-9-14-7-8-15(13-16(14)23)19(25)20-10-4-6-18-22-21-17-5-2-3-11-24(17)18/h2-3,5,7-9,11-13H,4,6,10H2,1H3,(H,20,25). The number of carbonyl (C=O) groups excluding carboxylic acids is 1. The molecule has 0 saturated heterocycles. The molecule has 6 nitrogen and oxygen atoms in total. The lowest BCUT2D eigenvalue weighted by atomic mass is 10.1. The molecule has 25 heavy (non-hydrogen) atoms. The van der Waals surface area contributed by atoms with Crippen LogP contribution >= 0.6 is 0 Å².